The first-order chi connectivity index (χ1) is 13.2. The number of benzene rings is 1. The largest absolute Gasteiger partial charge is 0.494 e. The van der Waals surface area contributed by atoms with Gasteiger partial charge in [-0.1, -0.05) is 13.0 Å². The molecule has 1 aliphatic rings. The van der Waals surface area contributed by atoms with Gasteiger partial charge in [0.05, 0.1) is 6.61 Å². The summed E-state index contributed by atoms with van der Waals surface area (Å²) in [5.41, 5.74) is 0.844. The summed E-state index contributed by atoms with van der Waals surface area (Å²) in [5, 5.41) is 6.30. The Hall–Kier alpha value is -2.02. The van der Waals surface area contributed by atoms with Crippen LogP contribution >= 0.6 is 24.8 Å². The molecule has 1 aromatic heterocycles. The van der Waals surface area contributed by atoms with Crippen LogP contribution in [0.15, 0.2) is 42.6 Å². The van der Waals surface area contributed by atoms with E-state index in [0.717, 1.165) is 37.1 Å². The monoisotopic (exact) mass is 441 g/mol. The van der Waals surface area contributed by atoms with Crippen molar-refractivity contribution >= 4 is 30.7 Å². The van der Waals surface area contributed by atoms with Gasteiger partial charge in [0, 0.05) is 30.8 Å². The summed E-state index contributed by atoms with van der Waals surface area (Å²) in [5.74, 6) is 2.04. The Bertz CT molecular complexity index is 738. The smallest absolute Gasteiger partial charge is 0.224 e. The van der Waals surface area contributed by atoms with Gasteiger partial charge in [0.15, 0.2) is 0 Å². The van der Waals surface area contributed by atoms with Crippen LogP contribution in [0.2, 0.25) is 0 Å². The molecule has 1 fully saturated rings. The number of nitrogens with zero attached hydrogens (tertiary/aromatic N) is 1. The standard InChI is InChI=1S/C21H27N3O3.2ClH/c1-2-13-26-18-7-9-19(10-8-18)27-21-16(5-3-12-23-21)15-24-20(25)14-17-6-4-11-22-17;;/h3,5,7-10,12,17,22H,2,4,6,11,13-15H2,1H3,(H,24,25);2*1H. The van der Waals surface area contributed by atoms with Gasteiger partial charge in [-0.05, 0) is 56.1 Å². The summed E-state index contributed by atoms with van der Waals surface area (Å²) in [6.45, 7) is 4.16. The molecule has 1 aromatic carbocycles. The van der Waals surface area contributed by atoms with Crippen LogP contribution in [0.5, 0.6) is 17.4 Å². The van der Waals surface area contributed by atoms with Crippen LogP contribution in [0.3, 0.4) is 0 Å². The quantitative estimate of drug-likeness (QED) is 0.607. The lowest BCUT2D eigenvalue weighted by atomic mass is 10.1. The van der Waals surface area contributed by atoms with Crippen molar-refractivity contribution in [1.82, 2.24) is 15.6 Å². The number of pyridine rings is 1. The molecule has 2 N–H and O–H groups in total. The highest BCUT2D eigenvalue weighted by atomic mass is 35.5. The molecule has 0 spiro atoms. The van der Waals surface area contributed by atoms with E-state index < -0.39 is 0 Å². The fourth-order valence-electron chi connectivity index (χ4n) is 3.01. The molecule has 160 valence electrons. The number of hydrogen-bond donors (Lipinski definition) is 2. The van der Waals surface area contributed by atoms with Crippen molar-refractivity contribution in [2.75, 3.05) is 13.2 Å². The number of carbonyl (C=O) groups is 1. The van der Waals surface area contributed by atoms with E-state index in [0.29, 0.717) is 37.2 Å². The van der Waals surface area contributed by atoms with Crippen LogP contribution in [-0.4, -0.2) is 30.1 Å². The van der Waals surface area contributed by atoms with Gasteiger partial charge in [0.1, 0.15) is 11.5 Å². The Morgan fingerprint density at radius 1 is 1.21 bits per heavy atom. The summed E-state index contributed by atoms with van der Waals surface area (Å²) in [6.07, 6.45) is 5.36. The highest BCUT2D eigenvalue weighted by molar-refractivity contribution is 5.85. The maximum atomic E-state index is 12.1. The van der Waals surface area contributed by atoms with Crippen LogP contribution in [0, 0.1) is 0 Å². The van der Waals surface area contributed by atoms with E-state index >= 15 is 0 Å². The first-order valence-electron chi connectivity index (χ1n) is 9.59. The lowest BCUT2D eigenvalue weighted by molar-refractivity contribution is -0.121. The Morgan fingerprint density at radius 3 is 2.66 bits per heavy atom. The van der Waals surface area contributed by atoms with Crippen LogP contribution in [0.1, 0.15) is 38.2 Å². The molecule has 6 nitrogen and oxygen atoms in total. The molecule has 8 heteroatoms. The predicted octanol–water partition coefficient (Wildman–Crippen LogP) is 4.26. The van der Waals surface area contributed by atoms with Crippen LogP contribution in [0.25, 0.3) is 0 Å². The van der Waals surface area contributed by atoms with Gasteiger partial charge in [0.25, 0.3) is 0 Å². The third kappa shape index (κ3) is 8.09. The molecular weight excluding hydrogens is 413 g/mol. The Morgan fingerprint density at radius 2 is 1.97 bits per heavy atom. The van der Waals surface area contributed by atoms with E-state index in [-0.39, 0.29) is 30.7 Å². The van der Waals surface area contributed by atoms with Gasteiger partial charge in [-0.3, -0.25) is 4.79 Å². The predicted molar refractivity (Wildman–Crippen MR) is 119 cm³/mol. The summed E-state index contributed by atoms with van der Waals surface area (Å²) in [6, 6.07) is 11.5. The molecule has 2 aromatic rings. The molecule has 1 atom stereocenters. The van der Waals surface area contributed by atoms with E-state index in [1.807, 2.05) is 36.4 Å². The number of carbonyl (C=O) groups excluding carboxylic acids is 1. The number of nitrogens with one attached hydrogen (secondary N) is 2. The van der Waals surface area contributed by atoms with Gasteiger partial charge >= 0.3 is 0 Å². The van der Waals surface area contributed by atoms with Crippen molar-refractivity contribution < 1.29 is 14.3 Å². The minimum Gasteiger partial charge on any atom is -0.494 e. The first kappa shape index (κ1) is 25.0. The lowest BCUT2D eigenvalue weighted by Crippen LogP contribution is -2.31. The minimum absolute atomic E-state index is 0. The molecule has 1 amide bonds. The normalized spacial score (nSPS) is 15.0. The van der Waals surface area contributed by atoms with Crippen LogP contribution in [-0.2, 0) is 11.3 Å². The fraction of sp³-hybridized carbons (Fsp3) is 0.429. The summed E-state index contributed by atoms with van der Waals surface area (Å²) < 4.78 is 11.5. The van der Waals surface area contributed by atoms with Crippen molar-refractivity contribution in [3.8, 4) is 17.4 Å². The van der Waals surface area contributed by atoms with Gasteiger partial charge in [-0.15, -0.1) is 24.8 Å². The summed E-state index contributed by atoms with van der Waals surface area (Å²) in [7, 11) is 0. The van der Waals surface area contributed by atoms with Gasteiger partial charge in [-0.2, -0.15) is 0 Å². The Kier molecular flexibility index (Phi) is 11.4. The van der Waals surface area contributed by atoms with Crippen molar-refractivity contribution in [1.29, 1.82) is 0 Å². The first-order valence-corrected chi connectivity index (χ1v) is 9.59. The van der Waals surface area contributed by atoms with Gasteiger partial charge < -0.3 is 20.1 Å². The lowest BCUT2D eigenvalue weighted by Gasteiger charge is -2.13. The molecule has 29 heavy (non-hydrogen) atoms. The molecule has 1 unspecified atom stereocenters. The van der Waals surface area contributed by atoms with Crippen molar-refractivity contribution in [3.63, 3.8) is 0 Å². The summed E-state index contributed by atoms with van der Waals surface area (Å²) in [4.78, 5) is 16.4. The van der Waals surface area contributed by atoms with Crippen LogP contribution < -0.4 is 20.1 Å². The third-order valence-electron chi connectivity index (χ3n) is 4.43. The van der Waals surface area contributed by atoms with Crippen molar-refractivity contribution in [2.45, 2.75) is 45.2 Å². The van der Waals surface area contributed by atoms with E-state index in [4.69, 9.17) is 9.47 Å². The highest BCUT2D eigenvalue weighted by Gasteiger charge is 2.17. The number of aromatic nitrogens is 1. The zero-order valence-corrected chi connectivity index (χ0v) is 18.2. The zero-order valence-electron chi connectivity index (χ0n) is 16.6. The summed E-state index contributed by atoms with van der Waals surface area (Å²) >= 11 is 0. The molecule has 1 aliphatic heterocycles. The zero-order chi connectivity index (χ0) is 18.9. The number of hydrogen-bond acceptors (Lipinski definition) is 5. The molecule has 0 radical (unpaired) electrons. The van der Waals surface area contributed by atoms with Crippen molar-refractivity contribution in [2.24, 2.45) is 0 Å². The molecule has 0 aliphatic carbocycles. The van der Waals surface area contributed by atoms with E-state index in [9.17, 15) is 4.79 Å². The van der Waals surface area contributed by atoms with Crippen LogP contribution in [0.4, 0.5) is 0 Å². The maximum Gasteiger partial charge on any atom is 0.224 e. The molecular formula is C21H29Cl2N3O3. The highest BCUT2D eigenvalue weighted by Crippen LogP contribution is 2.25. The molecule has 1 saturated heterocycles. The second-order valence-electron chi connectivity index (χ2n) is 6.66. The Balaban J connectivity index is 0.00000210. The molecule has 0 bridgehead atoms. The number of rotatable bonds is 9. The molecule has 0 saturated carbocycles. The van der Waals surface area contributed by atoms with E-state index in [1.165, 1.54) is 0 Å². The number of amides is 1. The number of ether oxygens (including phenoxy) is 2. The fourth-order valence-corrected chi connectivity index (χ4v) is 3.01. The second-order valence-corrected chi connectivity index (χ2v) is 6.66. The average molecular weight is 442 g/mol. The van der Waals surface area contributed by atoms with Crippen molar-refractivity contribution in [3.05, 3.63) is 48.2 Å². The van der Waals surface area contributed by atoms with E-state index in [1.54, 1.807) is 6.20 Å². The number of halogens is 2. The third-order valence-corrected chi connectivity index (χ3v) is 4.43. The minimum atomic E-state index is 0. The SMILES string of the molecule is CCCOc1ccc(Oc2ncccc2CNC(=O)CC2CCCN2)cc1.Cl.Cl. The molecule has 2 heterocycles. The maximum absolute atomic E-state index is 12.1. The van der Waals surface area contributed by atoms with E-state index in [2.05, 4.69) is 22.5 Å². The van der Waals surface area contributed by atoms with Gasteiger partial charge in [-0.25, -0.2) is 4.98 Å². The topological polar surface area (TPSA) is 72.5 Å². The Labute approximate surface area is 184 Å². The second kappa shape index (κ2) is 13.2. The average Bonchev–Trinajstić information content (AvgIpc) is 3.20. The molecule has 3 rings (SSSR count). The van der Waals surface area contributed by atoms with Gasteiger partial charge in [0.2, 0.25) is 11.8 Å².